The molecule has 1 heterocycles. The minimum Gasteiger partial charge on any atom is -0.369 e. The van der Waals surface area contributed by atoms with Crippen LogP contribution in [0.4, 0.5) is 5.69 Å². The Kier molecular flexibility index (Phi) is 5.49. The van der Waals surface area contributed by atoms with Crippen LogP contribution in [-0.2, 0) is 0 Å². The first-order valence-electron chi connectivity index (χ1n) is 7.06. The second kappa shape index (κ2) is 7.13. The van der Waals surface area contributed by atoms with Gasteiger partial charge in [-0.2, -0.15) is 0 Å². The van der Waals surface area contributed by atoms with E-state index in [1.54, 1.807) is 0 Å². The quantitative estimate of drug-likeness (QED) is 0.894. The molecular weight excluding hydrogens is 258 g/mol. The van der Waals surface area contributed by atoms with Crippen LogP contribution in [0.15, 0.2) is 24.3 Å². The van der Waals surface area contributed by atoms with Gasteiger partial charge in [0, 0.05) is 43.4 Å². The molecule has 0 aliphatic carbocycles. The zero-order valence-electron chi connectivity index (χ0n) is 11.9. The number of nitrogens with one attached hydrogen (secondary N) is 1. The molecule has 19 heavy (non-hydrogen) atoms. The molecular formula is C15H24ClN3. The van der Waals surface area contributed by atoms with Crippen LogP contribution in [0.3, 0.4) is 0 Å². The SMILES string of the molecule is CNCC(C)CN1CCN(c2cccc(Cl)c2)CC1. The van der Waals surface area contributed by atoms with Gasteiger partial charge in [0.1, 0.15) is 0 Å². The van der Waals surface area contributed by atoms with Crippen molar-refractivity contribution >= 4 is 17.3 Å². The average Bonchev–Trinajstić information content (AvgIpc) is 2.40. The molecule has 2 rings (SSSR count). The molecule has 0 spiro atoms. The average molecular weight is 282 g/mol. The molecule has 1 aromatic carbocycles. The van der Waals surface area contributed by atoms with E-state index in [-0.39, 0.29) is 0 Å². The van der Waals surface area contributed by atoms with E-state index in [9.17, 15) is 0 Å². The number of hydrogen-bond donors (Lipinski definition) is 1. The van der Waals surface area contributed by atoms with E-state index in [1.807, 2.05) is 19.2 Å². The van der Waals surface area contributed by atoms with Gasteiger partial charge in [-0.3, -0.25) is 4.90 Å². The highest BCUT2D eigenvalue weighted by molar-refractivity contribution is 6.30. The summed E-state index contributed by atoms with van der Waals surface area (Å²) in [5, 5.41) is 4.07. The Hall–Kier alpha value is -0.770. The number of piperazine rings is 1. The van der Waals surface area contributed by atoms with Crippen LogP contribution in [-0.4, -0.2) is 51.2 Å². The van der Waals surface area contributed by atoms with Gasteiger partial charge in [-0.15, -0.1) is 0 Å². The summed E-state index contributed by atoms with van der Waals surface area (Å²) < 4.78 is 0. The maximum absolute atomic E-state index is 6.05. The van der Waals surface area contributed by atoms with Gasteiger partial charge < -0.3 is 10.2 Å². The van der Waals surface area contributed by atoms with Crippen LogP contribution in [0.1, 0.15) is 6.92 Å². The van der Waals surface area contributed by atoms with Crippen LogP contribution >= 0.6 is 11.6 Å². The first-order chi connectivity index (χ1) is 9.19. The number of benzene rings is 1. The van der Waals surface area contributed by atoms with Gasteiger partial charge in [0.25, 0.3) is 0 Å². The summed E-state index contributed by atoms with van der Waals surface area (Å²) >= 11 is 6.05. The third-order valence-corrected chi connectivity index (χ3v) is 3.90. The van der Waals surface area contributed by atoms with Crippen LogP contribution in [0.5, 0.6) is 0 Å². The molecule has 1 saturated heterocycles. The highest BCUT2D eigenvalue weighted by Gasteiger charge is 2.18. The number of anilines is 1. The van der Waals surface area contributed by atoms with E-state index in [2.05, 4.69) is 34.2 Å². The number of nitrogens with zero attached hydrogens (tertiary/aromatic N) is 2. The number of rotatable bonds is 5. The van der Waals surface area contributed by atoms with Crippen molar-refractivity contribution in [1.29, 1.82) is 0 Å². The lowest BCUT2D eigenvalue weighted by atomic mass is 10.1. The van der Waals surface area contributed by atoms with Crippen LogP contribution in [0.2, 0.25) is 5.02 Å². The van der Waals surface area contributed by atoms with Crippen molar-refractivity contribution in [3.63, 3.8) is 0 Å². The smallest absolute Gasteiger partial charge is 0.0426 e. The largest absolute Gasteiger partial charge is 0.369 e. The van der Waals surface area contributed by atoms with Gasteiger partial charge in [0.2, 0.25) is 0 Å². The summed E-state index contributed by atoms with van der Waals surface area (Å²) in [6.45, 7) is 9.04. The number of halogens is 1. The van der Waals surface area contributed by atoms with Crippen molar-refractivity contribution in [2.75, 3.05) is 51.2 Å². The molecule has 4 heteroatoms. The second-order valence-electron chi connectivity index (χ2n) is 5.43. The number of hydrogen-bond acceptors (Lipinski definition) is 3. The lowest BCUT2D eigenvalue weighted by molar-refractivity contribution is 0.224. The van der Waals surface area contributed by atoms with Crippen molar-refractivity contribution in [2.24, 2.45) is 5.92 Å². The van der Waals surface area contributed by atoms with E-state index in [1.165, 1.54) is 12.2 Å². The van der Waals surface area contributed by atoms with Crippen molar-refractivity contribution in [3.05, 3.63) is 29.3 Å². The van der Waals surface area contributed by atoms with E-state index < -0.39 is 0 Å². The lowest BCUT2D eigenvalue weighted by Crippen LogP contribution is -2.48. The molecule has 1 aliphatic rings. The zero-order valence-corrected chi connectivity index (χ0v) is 12.7. The minimum absolute atomic E-state index is 0.711. The standard InChI is InChI=1S/C15H24ClN3/c1-13(11-17-2)12-18-6-8-19(9-7-18)15-5-3-4-14(16)10-15/h3-5,10,13,17H,6-9,11-12H2,1-2H3. The molecule has 1 unspecified atom stereocenters. The molecule has 106 valence electrons. The molecule has 1 fully saturated rings. The normalized spacial score (nSPS) is 18.6. The molecule has 3 nitrogen and oxygen atoms in total. The molecule has 0 radical (unpaired) electrons. The van der Waals surface area contributed by atoms with Crippen LogP contribution in [0, 0.1) is 5.92 Å². The summed E-state index contributed by atoms with van der Waals surface area (Å²) in [5.74, 6) is 0.711. The molecule has 0 saturated carbocycles. The molecule has 1 atom stereocenters. The Labute approximate surface area is 121 Å². The minimum atomic E-state index is 0.711. The molecule has 1 aliphatic heterocycles. The fraction of sp³-hybridized carbons (Fsp3) is 0.600. The van der Waals surface area contributed by atoms with Crippen molar-refractivity contribution in [3.8, 4) is 0 Å². The van der Waals surface area contributed by atoms with Gasteiger partial charge in [0.05, 0.1) is 0 Å². The summed E-state index contributed by atoms with van der Waals surface area (Å²) in [5.41, 5.74) is 1.25. The van der Waals surface area contributed by atoms with Crippen molar-refractivity contribution in [1.82, 2.24) is 10.2 Å². The summed E-state index contributed by atoms with van der Waals surface area (Å²) in [6, 6.07) is 8.16. The third-order valence-electron chi connectivity index (χ3n) is 3.67. The topological polar surface area (TPSA) is 18.5 Å². The van der Waals surface area contributed by atoms with Gasteiger partial charge >= 0.3 is 0 Å². The first-order valence-corrected chi connectivity index (χ1v) is 7.44. The van der Waals surface area contributed by atoms with E-state index in [0.29, 0.717) is 5.92 Å². The van der Waals surface area contributed by atoms with Gasteiger partial charge in [-0.1, -0.05) is 24.6 Å². The van der Waals surface area contributed by atoms with Gasteiger partial charge in [-0.05, 0) is 37.7 Å². The van der Waals surface area contributed by atoms with Gasteiger partial charge in [-0.25, -0.2) is 0 Å². The van der Waals surface area contributed by atoms with E-state index in [0.717, 1.165) is 37.7 Å². The Balaban J connectivity index is 1.82. The fourth-order valence-corrected chi connectivity index (χ4v) is 2.90. The zero-order chi connectivity index (χ0) is 13.7. The molecule has 0 aromatic heterocycles. The monoisotopic (exact) mass is 281 g/mol. The summed E-state index contributed by atoms with van der Waals surface area (Å²) in [6.07, 6.45) is 0. The maximum atomic E-state index is 6.05. The van der Waals surface area contributed by atoms with Gasteiger partial charge in [0.15, 0.2) is 0 Å². The highest BCUT2D eigenvalue weighted by atomic mass is 35.5. The molecule has 0 bridgehead atoms. The Morgan fingerprint density at radius 1 is 1.26 bits per heavy atom. The van der Waals surface area contributed by atoms with E-state index >= 15 is 0 Å². The van der Waals surface area contributed by atoms with Crippen LogP contribution < -0.4 is 10.2 Å². The lowest BCUT2D eigenvalue weighted by Gasteiger charge is -2.37. The van der Waals surface area contributed by atoms with E-state index in [4.69, 9.17) is 11.6 Å². The first kappa shape index (κ1) is 14.6. The van der Waals surface area contributed by atoms with Crippen molar-refractivity contribution < 1.29 is 0 Å². The Morgan fingerprint density at radius 3 is 2.63 bits per heavy atom. The van der Waals surface area contributed by atoms with Crippen molar-refractivity contribution in [2.45, 2.75) is 6.92 Å². The highest BCUT2D eigenvalue weighted by Crippen LogP contribution is 2.20. The predicted octanol–water partition coefficient (Wildman–Crippen LogP) is 2.32. The fourth-order valence-electron chi connectivity index (χ4n) is 2.72. The maximum Gasteiger partial charge on any atom is 0.0426 e. The second-order valence-corrected chi connectivity index (χ2v) is 5.87. The molecule has 1 aromatic rings. The summed E-state index contributed by atoms with van der Waals surface area (Å²) in [7, 11) is 2.02. The molecule has 0 amide bonds. The Bertz CT molecular complexity index is 389. The predicted molar refractivity (Wildman–Crippen MR) is 83.2 cm³/mol. The van der Waals surface area contributed by atoms with Crippen LogP contribution in [0.25, 0.3) is 0 Å². The summed E-state index contributed by atoms with van der Waals surface area (Å²) in [4.78, 5) is 4.98. The third kappa shape index (κ3) is 4.37. The Morgan fingerprint density at radius 2 is 2.00 bits per heavy atom. The molecule has 1 N–H and O–H groups in total.